The zero-order chi connectivity index (χ0) is 14.0. The Kier molecular flexibility index (Phi) is 2.65. The van der Waals surface area contributed by atoms with Gasteiger partial charge in [0.25, 0.3) is 0 Å². The van der Waals surface area contributed by atoms with Crippen LogP contribution in [0.1, 0.15) is 12.8 Å². The van der Waals surface area contributed by atoms with E-state index in [0.29, 0.717) is 15.7 Å². The van der Waals surface area contributed by atoms with Gasteiger partial charge in [0.2, 0.25) is 11.8 Å². The lowest BCUT2D eigenvalue weighted by Gasteiger charge is -2.17. The smallest absolute Gasteiger partial charge is 0.240 e. The maximum Gasteiger partial charge on any atom is 0.240 e. The van der Waals surface area contributed by atoms with Crippen LogP contribution in [-0.2, 0) is 14.3 Å². The van der Waals surface area contributed by atoms with Crippen LogP contribution in [0.2, 0.25) is 10.0 Å². The van der Waals surface area contributed by atoms with E-state index in [9.17, 15) is 9.59 Å². The van der Waals surface area contributed by atoms with Crippen molar-refractivity contribution in [3.63, 3.8) is 0 Å². The third-order valence-corrected chi connectivity index (χ3v) is 5.18. The van der Waals surface area contributed by atoms with Crippen LogP contribution in [0, 0.1) is 11.8 Å². The predicted molar refractivity (Wildman–Crippen MR) is 73.8 cm³/mol. The molecule has 20 heavy (non-hydrogen) atoms. The second-order valence-electron chi connectivity index (χ2n) is 5.45. The average molecular weight is 312 g/mol. The molecule has 2 amide bonds. The number of amides is 2. The summed E-state index contributed by atoms with van der Waals surface area (Å²) in [5.41, 5.74) is 0.489. The van der Waals surface area contributed by atoms with Gasteiger partial charge in [0.1, 0.15) is 0 Å². The summed E-state index contributed by atoms with van der Waals surface area (Å²) < 4.78 is 5.69. The number of hydrogen-bond donors (Lipinski definition) is 0. The van der Waals surface area contributed by atoms with Crippen LogP contribution in [0.5, 0.6) is 0 Å². The molecule has 6 heteroatoms. The van der Waals surface area contributed by atoms with Crippen LogP contribution >= 0.6 is 23.2 Å². The third kappa shape index (κ3) is 1.53. The van der Waals surface area contributed by atoms with Crippen LogP contribution in [0.4, 0.5) is 5.69 Å². The lowest BCUT2D eigenvalue weighted by molar-refractivity contribution is -0.124. The summed E-state index contributed by atoms with van der Waals surface area (Å²) in [4.78, 5) is 26.3. The first-order valence-electron chi connectivity index (χ1n) is 6.56. The van der Waals surface area contributed by atoms with Gasteiger partial charge in [-0.25, -0.2) is 4.90 Å². The summed E-state index contributed by atoms with van der Waals surface area (Å²) >= 11 is 11.8. The first-order chi connectivity index (χ1) is 9.58. The molecule has 0 aliphatic carbocycles. The Morgan fingerprint density at radius 1 is 1.00 bits per heavy atom. The van der Waals surface area contributed by atoms with Crippen molar-refractivity contribution in [3.8, 4) is 0 Å². The number of hydrogen-bond acceptors (Lipinski definition) is 3. The molecule has 0 aromatic heterocycles. The Balaban J connectivity index is 1.74. The molecule has 4 atom stereocenters. The Morgan fingerprint density at radius 2 is 1.60 bits per heavy atom. The van der Waals surface area contributed by atoms with Gasteiger partial charge in [-0.1, -0.05) is 23.2 Å². The highest BCUT2D eigenvalue weighted by Crippen LogP contribution is 2.49. The molecule has 0 radical (unpaired) electrons. The van der Waals surface area contributed by atoms with Crippen LogP contribution < -0.4 is 4.90 Å². The van der Waals surface area contributed by atoms with Crippen LogP contribution in [0.3, 0.4) is 0 Å². The molecule has 4 rings (SSSR count). The van der Waals surface area contributed by atoms with Crippen LogP contribution in [0.15, 0.2) is 18.2 Å². The molecule has 3 saturated heterocycles. The number of anilines is 1. The minimum Gasteiger partial charge on any atom is -0.373 e. The van der Waals surface area contributed by atoms with E-state index >= 15 is 0 Å². The highest BCUT2D eigenvalue weighted by molar-refractivity contribution is 6.42. The summed E-state index contributed by atoms with van der Waals surface area (Å²) in [5.74, 6) is -0.998. The Labute approximate surface area is 125 Å². The van der Waals surface area contributed by atoms with E-state index < -0.39 is 0 Å². The number of imide groups is 1. The number of carbonyl (C=O) groups is 2. The molecule has 0 spiro atoms. The molecular weight excluding hydrogens is 301 g/mol. The van der Waals surface area contributed by atoms with Crippen molar-refractivity contribution in [1.82, 2.24) is 0 Å². The summed E-state index contributed by atoms with van der Waals surface area (Å²) in [5, 5.41) is 0.735. The van der Waals surface area contributed by atoms with Crippen LogP contribution in [0.25, 0.3) is 0 Å². The SMILES string of the molecule is O=C1[C@@H]2[C@H](C(=O)N1c1ccc(Cl)c(Cl)c1)[C@H]1CC[C@@H]2O1. The van der Waals surface area contributed by atoms with Gasteiger partial charge in [-0.05, 0) is 31.0 Å². The topological polar surface area (TPSA) is 46.6 Å². The number of carbonyl (C=O) groups excluding carboxylic acids is 2. The van der Waals surface area contributed by atoms with Crippen molar-refractivity contribution < 1.29 is 14.3 Å². The van der Waals surface area contributed by atoms with E-state index in [0.717, 1.165) is 12.8 Å². The largest absolute Gasteiger partial charge is 0.373 e. The molecule has 3 heterocycles. The van der Waals surface area contributed by atoms with Gasteiger partial charge in [0.05, 0.1) is 39.8 Å². The molecule has 4 nitrogen and oxygen atoms in total. The minimum atomic E-state index is -0.323. The molecule has 0 saturated carbocycles. The molecule has 3 aliphatic rings. The summed E-state index contributed by atoms with van der Waals surface area (Å²) in [6.07, 6.45) is 1.52. The van der Waals surface area contributed by atoms with Gasteiger partial charge < -0.3 is 4.74 Å². The van der Waals surface area contributed by atoms with Gasteiger partial charge in [-0.2, -0.15) is 0 Å². The van der Waals surface area contributed by atoms with E-state index in [1.807, 2.05) is 0 Å². The molecule has 1 aromatic carbocycles. The van der Waals surface area contributed by atoms with E-state index in [4.69, 9.17) is 27.9 Å². The fourth-order valence-electron chi connectivity index (χ4n) is 3.59. The van der Waals surface area contributed by atoms with Crippen molar-refractivity contribution >= 4 is 40.7 Å². The number of benzene rings is 1. The molecular formula is C14H11Cl2NO3. The fourth-order valence-corrected chi connectivity index (χ4v) is 3.88. The lowest BCUT2D eigenvalue weighted by Crippen LogP contribution is -2.34. The van der Waals surface area contributed by atoms with E-state index in [1.54, 1.807) is 18.2 Å². The van der Waals surface area contributed by atoms with Gasteiger partial charge in [0, 0.05) is 0 Å². The molecule has 0 unspecified atom stereocenters. The predicted octanol–water partition coefficient (Wildman–Crippen LogP) is 2.66. The summed E-state index contributed by atoms with van der Waals surface area (Å²) in [6, 6.07) is 4.80. The zero-order valence-electron chi connectivity index (χ0n) is 10.4. The molecule has 3 aliphatic heterocycles. The number of rotatable bonds is 1. The highest BCUT2D eigenvalue weighted by Gasteiger charge is 2.62. The monoisotopic (exact) mass is 311 g/mol. The summed E-state index contributed by atoms with van der Waals surface area (Å²) in [7, 11) is 0. The number of nitrogens with zero attached hydrogens (tertiary/aromatic N) is 1. The number of ether oxygens (including phenoxy) is 1. The molecule has 2 bridgehead atoms. The molecule has 0 N–H and O–H groups in total. The van der Waals surface area contributed by atoms with Crippen molar-refractivity contribution in [1.29, 1.82) is 0 Å². The summed E-state index contributed by atoms with van der Waals surface area (Å²) in [6.45, 7) is 0. The van der Waals surface area contributed by atoms with Gasteiger partial charge >= 0.3 is 0 Å². The van der Waals surface area contributed by atoms with Gasteiger partial charge in [-0.15, -0.1) is 0 Å². The zero-order valence-corrected chi connectivity index (χ0v) is 11.9. The molecule has 1 aromatic rings. The number of fused-ring (bicyclic) bond motifs is 5. The van der Waals surface area contributed by atoms with Gasteiger partial charge in [0.15, 0.2) is 0 Å². The van der Waals surface area contributed by atoms with E-state index in [1.165, 1.54) is 4.90 Å². The van der Waals surface area contributed by atoms with Gasteiger partial charge in [-0.3, -0.25) is 9.59 Å². The second-order valence-corrected chi connectivity index (χ2v) is 6.27. The van der Waals surface area contributed by atoms with Crippen molar-refractivity contribution in [2.45, 2.75) is 25.0 Å². The van der Waals surface area contributed by atoms with Crippen molar-refractivity contribution in [2.24, 2.45) is 11.8 Å². The normalized spacial score (nSPS) is 35.0. The van der Waals surface area contributed by atoms with Crippen molar-refractivity contribution in [3.05, 3.63) is 28.2 Å². The van der Waals surface area contributed by atoms with Crippen LogP contribution in [-0.4, -0.2) is 24.0 Å². The second kappa shape index (κ2) is 4.20. The Hall–Kier alpha value is -1.10. The fraction of sp³-hybridized carbons (Fsp3) is 0.429. The first kappa shape index (κ1) is 12.6. The van der Waals surface area contributed by atoms with E-state index in [2.05, 4.69) is 0 Å². The third-order valence-electron chi connectivity index (χ3n) is 4.45. The van der Waals surface area contributed by atoms with E-state index in [-0.39, 0.29) is 35.9 Å². The number of halogens is 2. The Bertz CT molecular complexity index is 605. The molecule has 3 fully saturated rings. The Morgan fingerprint density at radius 3 is 2.15 bits per heavy atom. The minimum absolute atomic E-state index is 0.103. The first-order valence-corrected chi connectivity index (χ1v) is 7.32. The maximum absolute atomic E-state index is 12.5. The van der Waals surface area contributed by atoms with Crippen molar-refractivity contribution in [2.75, 3.05) is 4.90 Å². The highest BCUT2D eigenvalue weighted by atomic mass is 35.5. The maximum atomic E-state index is 12.5. The average Bonchev–Trinajstić information content (AvgIpc) is 3.08. The molecule has 104 valence electrons. The standard InChI is InChI=1S/C14H11Cl2NO3/c15-7-2-1-6(5-8(7)16)17-13(18)11-9-3-4-10(20-9)12(11)14(17)19/h1-2,5,9-12H,3-4H2/t9-,10+,11-,12+. The lowest BCUT2D eigenvalue weighted by atomic mass is 9.81. The quantitative estimate of drug-likeness (QED) is 0.749.